The van der Waals surface area contributed by atoms with Gasteiger partial charge in [0.15, 0.2) is 0 Å². The summed E-state index contributed by atoms with van der Waals surface area (Å²) < 4.78 is 10.8. The average molecular weight is 586 g/mol. The van der Waals surface area contributed by atoms with Crippen LogP contribution in [0.5, 0.6) is 0 Å². The first-order chi connectivity index (χ1) is 19.2. The van der Waals surface area contributed by atoms with Crippen LogP contribution in [0.15, 0.2) is 65.4 Å². The molecule has 0 unspecified atom stereocenters. The number of carbonyl (C=O) groups excluding carboxylic acids is 3. The second-order valence-electron chi connectivity index (χ2n) is 10.4. The molecule has 0 saturated heterocycles. The predicted molar refractivity (Wildman–Crippen MR) is 159 cm³/mol. The Morgan fingerprint density at radius 1 is 0.900 bits per heavy atom. The lowest BCUT2D eigenvalue weighted by molar-refractivity contribution is -0.131. The van der Waals surface area contributed by atoms with E-state index >= 15 is 0 Å². The molecule has 2 heterocycles. The number of amides is 3. The van der Waals surface area contributed by atoms with Crippen molar-refractivity contribution >= 4 is 40.8 Å². The molecule has 2 N–H and O–H groups in total. The molecule has 0 saturated carbocycles. The molecule has 0 spiro atoms. The van der Waals surface area contributed by atoms with E-state index in [-0.39, 0.29) is 18.6 Å². The van der Waals surface area contributed by atoms with Gasteiger partial charge in [-0.1, -0.05) is 42.5 Å². The monoisotopic (exact) mass is 585 g/mol. The predicted octanol–water partition coefficient (Wildman–Crippen LogP) is 6.37. The highest BCUT2D eigenvalue weighted by atomic mass is 32.1. The summed E-state index contributed by atoms with van der Waals surface area (Å²) in [7, 11) is 0. The Bertz CT molecular complexity index is 1160. The van der Waals surface area contributed by atoms with Crippen molar-refractivity contribution in [1.29, 1.82) is 0 Å². The van der Waals surface area contributed by atoms with E-state index in [9.17, 15) is 14.4 Å². The van der Waals surface area contributed by atoms with Crippen LogP contribution in [0.2, 0.25) is 0 Å². The van der Waals surface area contributed by atoms with E-state index in [1.807, 2.05) is 86.1 Å². The van der Waals surface area contributed by atoms with Gasteiger partial charge in [-0.2, -0.15) is 0 Å². The van der Waals surface area contributed by atoms with Crippen LogP contribution >= 0.6 is 22.7 Å². The van der Waals surface area contributed by atoms with E-state index in [1.54, 1.807) is 27.6 Å². The maximum absolute atomic E-state index is 13.3. The molecule has 40 heavy (non-hydrogen) atoms. The SMILES string of the molecule is CC(C)(C)OC(=O)N[C@@H](CCCCOC(=O)NCc1ccccc1)CN(Cc1cccs1)C(=O)Cc1cccs1. The average Bonchev–Trinajstić information content (AvgIpc) is 3.61. The van der Waals surface area contributed by atoms with Crippen LogP contribution in [-0.4, -0.2) is 47.8 Å². The van der Waals surface area contributed by atoms with Crippen LogP contribution in [0.1, 0.15) is 55.4 Å². The van der Waals surface area contributed by atoms with Gasteiger partial charge in [0.1, 0.15) is 5.60 Å². The summed E-state index contributed by atoms with van der Waals surface area (Å²) in [6.07, 6.45) is 1.25. The van der Waals surface area contributed by atoms with Crippen molar-refractivity contribution in [2.75, 3.05) is 13.2 Å². The summed E-state index contributed by atoms with van der Waals surface area (Å²) in [5.41, 5.74) is 0.359. The summed E-state index contributed by atoms with van der Waals surface area (Å²) in [5.74, 6) is 0.00487. The zero-order valence-electron chi connectivity index (χ0n) is 23.4. The van der Waals surface area contributed by atoms with Crippen LogP contribution in [-0.2, 0) is 33.8 Å². The minimum atomic E-state index is -0.638. The molecule has 216 valence electrons. The number of alkyl carbamates (subject to hydrolysis) is 2. The highest BCUT2D eigenvalue weighted by Crippen LogP contribution is 2.17. The number of nitrogens with one attached hydrogen (secondary N) is 2. The Labute approximate surface area is 244 Å². The third kappa shape index (κ3) is 12.2. The molecule has 0 aliphatic heterocycles. The van der Waals surface area contributed by atoms with E-state index in [2.05, 4.69) is 10.6 Å². The smallest absolute Gasteiger partial charge is 0.407 e. The van der Waals surface area contributed by atoms with Gasteiger partial charge in [0.2, 0.25) is 5.91 Å². The number of thiophene rings is 2. The fourth-order valence-corrected chi connectivity index (χ4v) is 5.36. The highest BCUT2D eigenvalue weighted by Gasteiger charge is 2.24. The largest absolute Gasteiger partial charge is 0.450 e. The topological polar surface area (TPSA) is 97.0 Å². The molecule has 0 radical (unpaired) electrons. The van der Waals surface area contributed by atoms with E-state index < -0.39 is 17.8 Å². The summed E-state index contributed by atoms with van der Waals surface area (Å²) >= 11 is 3.15. The van der Waals surface area contributed by atoms with Gasteiger partial charge in [-0.05, 0) is 68.5 Å². The zero-order chi connectivity index (χ0) is 28.8. The van der Waals surface area contributed by atoms with E-state index in [0.29, 0.717) is 45.3 Å². The molecule has 3 rings (SSSR count). The normalized spacial score (nSPS) is 11.9. The number of benzene rings is 1. The van der Waals surface area contributed by atoms with Crippen LogP contribution in [0, 0.1) is 0 Å². The summed E-state index contributed by atoms with van der Waals surface area (Å²) in [5, 5.41) is 9.66. The standard InChI is InChI=1S/C30H39N3O5S2/c1-30(2,3)38-29(36)32-24(13-7-8-16-37-28(35)31-20-23-11-5-4-6-12-23)21-33(22-26-15-10-18-40-26)27(34)19-25-14-9-17-39-25/h4-6,9-12,14-15,17-18,24H,7-8,13,16,19-22H2,1-3H3,(H,31,35)(H,32,36)/t24-/m0/s1. The zero-order valence-corrected chi connectivity index (χ0v) is 25.0. The number of unbranched alkanes of at least 4 members (excludes halogenated alkanes) is 1. The molecule has 0 aliphatic rings. The number of ether oxygens (including phenoxy) is 2. The summed E-state index contributed by atoms with van der Waals surface area (Å²) in [6, 6.07) is 17.2. The van der Waals surface area contributed by atoms with Gasteiger partial charge in [-0.15, -0.1) is 22.7 Å². The highest BCUT2D eigenvalue weighted by molar-refractivity contribution is 7.10. The molecule has 0 bridgehead atoms. The molecule has 3 amide bonds. The first-order valence-corrected chi connectivity index (χ1v) is 15.2. The molecular weight excluding hydrogens is 546 g/mol. The Balaban J connectivity index is 1.55. The third-order valence-electron chi connectivity index (χ3n) is 5.81. The number of carbonyl (C=O) groups is 3. The maximum Gasteiger partial charge on any atom is 0.407 e. The van der Waals surface area contributed by atoms with E-state index in [1.165, 1.54) is 0 Å². The Kier molecular flexibility index (Phi) is 12.5. The van der Waals surface area contributed by atoms with Gasteiger partial charge in [-0.3, -0.25) is 4.79 Å². The van der Waals surface area contributed by atoms with Crippen LogP contribution < -0.4 is 10.6 Å². The maximum atomic E-state index is 13.3. The molecular formula is C30H39N3O5S2. The molecule has 0 aliphatic carbocycles. The lowest BCUT2D eigenvalue weighted by atomic mass is 10.1. The summed E-state index contributed by atoms with van der Waals surface area (Å²) in [4.78, 5) is 41.9. The van der Waals surface area contributed by atoms with Gasteiger partial charge in [0.25, 0.3) is 0 Å². The van der Waals surface area contributed by atoms with Gasteiger partial charge >= 0.3 is 12.2 Å². The van der Waals surface area contributed by atoms with Crippen molar-refractivity contribution in [1.82, 2.24) is 15.5 Å². The Hall–Kier alpha value is -3.37. The first kappa shape index (κ1) is 31.2. The fraction of sp³-hybridized carbons (Fsp3) is 0.433. The van der Waals surface area contributed by atoms with Crippen LogP contribution in [0.4, 0.5) is 9.59 Å². The quantitative estimate of drug-likeness (QED) is 0.214. The number of nitrogens with zero attached hydrogens (tertiary/aromatic N) is 1. The van der Waals surface area contributed by atoms with Crippen molar-refractivity contribution < 1.29 is 23.9 Å². The summed E-state index contributed by atoms with van der Waals surface area (Å²) in [6.45, 7) is 6.93. The lowest BCUT2D eigenvalue weighted by Crippen LogP contribution is -2.47. The van der Waals surface area contributed by atoms with E-state index in [0.717, 1.165) is 15.3 Å². The molecule has 1 aromatic carbocycles. The molecule has 0 fully saturated rings. The number of hydrogen-bond acceptors (Lipinski definition) is 7. The fourth-order valence-electron chi connectivity index (χ4n) is 3.95. The minimum absolute atomic E-state index is 0.00487. The second-order valence-corrected chi connectivity index (χ2v) is 12.5. The van der Waals surface area contributed by atoms with Gasteiger partial charge in [-0.25, -0.2) is 9.59 Å². The Morgan fingerprint density at radius 3 is 2.25 bits per heavy atom. The molecule has 2 aromatic heterocycles. The lowest BCUT2D eigenvalue weighted by Gasteiger charge is -2.29. The third-order valence-corrected chi connectivity index (χ3v) is 7.54. The van der Waals surface area contributed by atoms with Gasteiger partial charge in [0, 0.05) is 28.9 Å². The molecule has 1 atom stereocenters. The molecule has 3 aromatic rings. The van der Waals surface area contributed by atoms with Crippen molar-refractivity contribution in [2.24, 2.45) is 0 Å². The molecule has 10 heteroatoms. The van der Waals surface area contributed by atoms with Gasteiger partial charge < -0.3 is 25.0 Å². The van der Waals surface area contributed by atoms with Crippen molar-refractivity contribution in [3.05, 3.63) is 80.7 Å². The number of hydrogen-bond donors (Lipinski definition) is 2. The van der Waals surface area contributed by atoms with Crippen LogP contribution in [0.3, 0.4) is 0 Å². The first-order valence-electron chi connectivity index (χ1n) is 13.4. The van der Waals surface area contributed by atoms with E-state index in [4.69, 9.17) is 9.47 Å². The van der Waals surface area contributed by atoms with Crippen molar-refractivity contribution in [2.45, 2.75) is 71.2 Å². The number of rotatable bonds is 14. The van der Waals surface area contributed by atoms with Crippen molar-refractivity contribution in [3.63, 3.8) is 0 Å². The van der Waals surface area contributed by atoms with Gasteiger partial charge in [0.05, 0.1) is 19.6 Å². The van der Waals surface area contributed by atoms with Crippen LogP contribution in [0.25, 0.3) is 0 Å². The Morgan fingerprint density at radius 2 is 1.60 bits per heavy atom. The molecule has 8 nitrogen and oxygen atoms in total. The minimum Gasteiger partial charge on any atom is -0.450 e. The van der Waals surface area contributed by atoms with Crippen molar-refractivity contribution in [3.8, 4) is 0 Å². The second kappa shape index (κ2) is 16.0.